The Morgan fingerprint density at radius 2 is 2.31 bits per heavy atom. The van der Waals surface area contributed by atoms with E-state index in [1.165, 1.54) is 4.70 Å². The number of hydrogen-bond donors (Lipinski definition) is 1. The van der Waals surface area contributed by atoms with E-state index in [9.17, 15) is 4.79 Å². The zero-order chi connectivity index (χ0) is 11.5. The van der Waals surface area contributed by atoms with E-state index in [2.05, 4.69) is 5.32 Å². The molecule has 0 unspecified atom stereocenters. The molecule has 0 spiro atoms. The number of hydrogen-bond acceptors (Lipinski definition) is 3. The molecule has 0 saturated heterocycles. The number of likely N-dealkylation sites (N-methyl/N-ethyl adjacent to an activating group) is 1. The third kappa shape index (κ3) is 2.02. The quantitative estimate of drug-likeness (QED) is 0.885. The summed E-state index contributed by atoms with van der Waals surface area (Å²) in [4.78, 5) is 11.3. The van der Waals surface area contributed by atoms with Gasteiger partial charge in [-0.15, -0.1) is 11.3 Å². The SMILES string of the molecule is CNC(=O)Cc1csc2ccc(OC)cc12. The number of benzene rings is 1. The van der Waals surface area contributed by atoms with Crippen LogP contribution in [0.2, 0.25) is 0 Å². The van der Waals surface area contributed by atoms with Crippen LogP contribution in [0.1, 0.15) is 5.56 Å². The Morgan fingerprint density at radius 3 is 3.00 bits per heavy atom. The molecule has 16 heavy (non-hydrogen) atoms. The predicted octanol–water partition coefficient (Wildman–Crippen LogP) is 2.20. The Balaban J connectivity index is 2.41. The lowest BCUT2D eigenvalue weighted by molar-refractivity contribution is -0.119. The highest BCUT2D eigenvalue weighted by Crippen LogP contribution is 2.29. The number of nitrogens with one attached hydrogen (secondary N) is 1. The van der Waals surface area contributed by atoms with Crippen LogP contribution in [0.5, 0.6) is 5.75 Å². The van der Waals surface area contributed by atoms with Crippen LogP contribution in [0, 0.1) is 0 Å². The second-order valence-corrected chi connectivity index (χ2v) is 4.38. The van der Waals surface area contributed by atoms with Crippen LogP contribution < -0.4 is 10.1 Å². The van der Waals surface area contributed by atoms with E-state index in [-0.39, 0.29) is 5.91 Å². The van der Waals surface area contributed by atoms with Gasteiger partial charge in [-0.3, -0.25) is 4.79 Å². The van der Waals surface area contributed by atoms with Crippen LogP contribution in [0.3, 0.4) is 0 Å². The van der Waals surface area contributed by atoms with Gasteiger partial charge in [-0.05, 0) is 34.5 Å². The van der Waals surface area contributed by atoms with Gasteiger partial charge in [-0.1, -0.05) is 0 Å². The molecule has 1 aromatic heterocycles. The molecule has 2 rings (SSSR count). The van der Waals surface area contributed by atoms with Crippen molar-refractivity contribution in [1.29, 1.82) is 0 Å². The molecule has 0 fully saturated rings. The average molecular weight is 235 g/mol. The maximum atomic E-state index is 11.3. The number of rotatable bonds is 3. The van der Waals surface area contributed by atoms with E-state index >= 15 is 0 Å². The predicted molar refractivity (Wildman–Crippen MR) is 66.1 cm³/mol. The van der Waals surface area contributed by atoms with Gasteiger partial charge in [0.1, 0.15) is 5.75 Å². The molecule has 0 saturated carbocycles. The summed E-state index contributed by atoms with van der Waals surface area (Å²) in [5.41, 5.74) is 1.05. The lowest BCUT2D eigenvalue weighted by Gasteiger charge is -2.01. The summed E-state index contributed by atoms with van der Waals surface area (Å²) in [6.45, 7) is 0. The van der Waals surface area contributed by atoms with Crippen LogP contribution in [0.4, 0.5) is 0 Å². The first kappa shape index (κ1) is 11.0. The standard InChI is InChI=1S/C12H13NO2S/c1-13-12(14)5-8-7-16-11-4-3-9(15-2)6-10(8)11/h3-4,6-7H,5H2,1-2H3,(H,13,14). The number of carbonyl (C=O) groups excluding carboxylic acids is 1. The third-order valence-electron chi connectivity index (χ3n) is 2.49. The molecule has 0 aliphatic rings. The van der Waals surface area contributed by atoms with Crippen LogP contribution in [0.25, 0.3) is 10.1 Å². The summed E-state index contributed by atoms with van der Waals surface area (Å²) in [5.74, 6) is 0.853. The van der Waals surface area contributed by atoms with Crippen LogP contribution >= 0.6 is 11.3 Å². The van der Waals surface area contributed by atoms with Gasteiger partial charge in [-0.25, -0.2) is 0 Å². The average Bonchev–Trinajstić information content (AvgIpc) is 2.71. The second-order valence-electron chi connectivity index (χ2n) is 3.47. The van der Waals surface area contributed by atoms with E-state index in [4.69, 9.17) is 4.74 Å². The zero-order valence-corrected chi connectivity index (χ0v) is 10.1. The molecule has 2 aromatic rings. The minimum atomic E-state index is 0.0301. The number of fused-ring (bicyclic) bond motifs is 1. The van der Waals surface area contributed by atoms with Crippen molar-refractivity contribution in [1.82, 2.24) is 5.32 Å². The van der Waals surface area contributed by atoms with Gasteiger partial charge in [0.25, 0.3) is 0 Å². The van der Waals surface area contributed by atoms with Crippen molar-refractivity contribution >= 4 is 27.3 Å². The number of methoxy groups -OCH3 is 1. The molecule has 1 aromatic carbocycles. The maximum Gasteiger partial charge on any atom is 0.224 e. The Labute approximate surface area is 98.0 Å². The van der Waals surface area contributed by atoms with Gasteiger partial charge in [-0.2, -0.15) is 0 Å². The summed E-state index contributed by atoms with van der Waals surface area (Å²) in [6.07, 6.45) is 0.420. The third-order valence-corrected chi connectivity index (χ3v) is 3.50. The first-order chi connectivity index (χ1) is 7.74. The molecule has 1 heterocycles. The normalized spacial score (nSPS) is 10.4. The molecule has 84 valence electrons. The van der Waals surface area contributed by atoms with Gasteiger partial charge in [0.15, 0.2) is 0 Å². The fourth-order valence-electron chi connectivity index (χ4n) is 1.59. The molecule has 4 heteroatoms. The van der Waals surface area contributed by atoms with Crippen molar-refractivity contribution in [2.24, 2.45) is 0 Å². The minimum absolute atomic E-state index is 0.0301. The molecule has 0 aliphatic heterocycles. The molecule has 0 bridgehead atoms. The molecular formula is C12H13NO2S. The maximum absolute atomic E-state index is 11.3. The van der Waals surface area contributed by atoms with Crippen molar-refractivity contribution in [2.45, 2.75) is 6.42 Å². The van der Waals surface area contributed by atoms with Crippen LogP contribution in [-0.2, 0) is 11.2 Å². The highest BCUT2D eigenvalue weighted by atomic mass is 32.1. The first-order valence-corrected chi connectivity index (χ1v) is 5.87. The van der Waals surface area contributed by atoms with Gasteiger partial charge in [0.2, 0.25) is 5.91 Å². The first-order valence-electron chi connectivity index (χ1n) is 4.99. The molecular weight excluding hydrogens is 222 g/mol. The van der Waals surface area contributed by atoms with Gasteiger partial charge >= 0.3 is 0 Å². The Morgan fingerprint density at radius 1 is 1.50 bits per heavy atom. The molecule has 3 nitrogen and oxygen atoms in total. The molecule has 0 aliphatic carbocycles. The number of thiophene rings is 1. The summed E-state index contributed by atoms with van der Waals surface area (Å²) >= 11 is 1.65. The summed E-state index contributed by atoms with van der Waals surface area (Å²) in [7, 11) is 3.30. The number of carbonyl (C=O) groups is 1. The fourth-order valence-corrected chi connectivity index (χ4v) is 2.53. The monoisotopic (exact) mass is 235 g/mol. The van der Waals surface area contributed by atoms with E-state index in [0.29, 0.717) is 6.42 Å². The summed E-state index contributed by atoms with van der Waals surface area (Å²) in [6, 6.07) is 5.93. The Hall–Kier alpha value is -1.55. The van der Waals surface area contributed by atoms with Gasteiger partial charge < -0.3 is 10.1 Å². The van der Waals surface area contributed by atoms with Crippen molar-refractivity contribution in [2.75, 3.05) is 14.2 Å². The van der Waals surface area contributed by atoms with Crippen molar-refractivity contribution in [3.8, 4) is 5.75 Å². The molecule has 0 atom stereocenters. The molecule has 1 N–H and O–H groups in total. The second kappa shape index (κ2) is 4.53. The highest BCUT2D eigenvalue weighted by molar-refractivity contribution is 7.17. The van der Waals surface area contributed by atoms with Gasteiger partial charge in [0.05, 0.1) is 13.5 Å². The van der Waals surface area contributed by atoms with Crippen molar-refractivity contribution < 1.29 is 9.53 Å². The minimum Gasteiger partial charge on any atom is -0.497 e. The fraction of sp³-hybridized carbons (Fsp3) is 0.250. The van der Waals surface area contributed by atoms with E-state index < -0.39 is 0 Å². The van der Waals surface area contributed by atoms with Crippen molar-refractivity contribution in [3.05, 3.63) is 29.1 Å². The lowest BCUT2D eigenvalue weighted by Crippen LogP contribution is -2.19. The number of ether oxygens (including phenoxy) is 1. The molecule has 1 amide bonds. The largest absolute Gasteiger partial charge is 0.497 e. The Kier molecular flexibility index (Phi) is 3.10. The molecule has 0 radical (unpaired) electrons. The summed E-state index contributed by atoms with van der Waals surface area (Å²) in [5, 5.41) is 5.76. The highest BCUT2D eigenvalue weighted by Gasteiger charge is 2.08. The van der Waals surface area contributed by atoms with Crippen LogP contribution in [-0.4, -0.2) is 20.1 Å². The van der Waals surface area contributed by atoms with E-state index in [1.807, 2.05) is 23.6 Å². The van der Waals surface area contributed by atoms with Crippen LogP contribution in [0.15, 0.2) is 23.6 Å². The van der Waals surface area contributed by atoms with Gasteiger partial charge in [0, 0.05) is 11.7 Å². The zero-order valence-electron chi connectivity index (χ0n) is 9.24. The van der Waals surface area contributed by atoms with E-state index in [1.54, 1.807) is 25.5 Å². The topological polar surface area (TPSA) is 38.3 Å². The number of amides is 1. The van der Waals surface area contributed by atoms with E-state index in [0.717, 1.165) is 16.7 Å². The Bertz CT molecular complexity index is 519. The van der Waals surface area contributed by atoms with Crippen molar-refractivity contribution in [3.63, 3.8) is 0 Å². The summed E-state index contributed by atoms with van der Waals surface area (Å²) < 4.78 is 6.36. The lowest BCUT2D eigenvalue weighted by atomic mass is 10.1. The smallest absolute Gasteiger partial charge is 0.224 e.